The third kappa shape index (κ3) is 4.08. The molecule has 0 aliphatic carbocycles. The molecule has 1 N–H and O–H groups in total. The summed E-state index contributed by atoms with van der Waals surface area (Å²) in [7, 11) is 0. The smallest absolute Gasteiger partial charge is 0.133 e. The van der Waals surface area contributed by atoms with Gasteiger partial charge in [0.2, 0.25) is 0 Å². The SMILES string of the molecule is CCOc1cc(C(C)(C)C)ccc1C1=N[C@@](C)(c2ccc(F)cc2)[C@@](C)(c2ccc(F)cc2)N1. The summed E-state index contributed by atoms with van der Waals surface area (Å²) in [5.41, 5.74) is 2.21. The summed E-state index contributed by atoms with van der Waals surface area (Å²) in [5, 5.41) is 3.63. The Hall–Kier alpha value is -3.21. The van der Waals surface area contributed by atoms with E-state index in [2.05, 4.69) is 38.2 Å². The van der Waals surface area contributed by atoms with Crippen molar-refractivity contribution in [3.63, 3.8) is 0 Å². The Bertz CT molecular complexity index is 1210. The minimum Gasteiger partial charge on any atom is -0.493 e. The third-order valence-corrected chi connectivity index (χ3v) is 6.91. The number of hydrogen-bond acceptors (Lipinski definition) is 3. The van der Waals surface area contributed by atoms with E-state index in [0.717, 1.165) is 22.4 Å². The van der Waals surface area contributed by atoms with Crippen molar-refractivity contribution in [2.24, 2.45) is 4.99 Å². The molecule has 0 radical (unpaired) electrons. The first-order valence-electron chi connectivity index (χ1n) is 11.7. The first-order valence-corrected chi connectivity index (χ1v) is 11.7. The number of hydrogen-bond donors (Lipinski definition) is 1. The minimum absolute atomic E-state index is 0.0272. The van der Waals surface area contributed by atoms with Gasteiger partial charge in [-0.05, 0) is 79.3 Å². The van der Waals surface area contributed by atoms with E-state index in [1.54, 1.807) is 24.3 Å². The molecule has 0 spiro atoms. The zero-order valence-corrected chi connectivity index (χ0v) is 20.7. The molecule has 1 aliphatic heterocycles. The first-order chi connectivity index (χ1) is 16.0. The monoisotopic (exact) mass is 462 g/mol. The highest BCUT2D eigenvalue weighted by atomic mass is 19.1. The average Bonchev–Trinajstić information content (AvgIpc) is 3.06. The quantitative estimate of drug-likeness (QED) is 0.450. The van der Waals surface area contributed by atoms with Crippen molar-refractivity contribution in [2.75, 3.05) is 6.61 Å². The summed E-state index contributed by atoms with van der Waals surface area (Å²) >= 11 is 0. The van der Waals surface area contributed by atoms with Crippen LogP contribution in [0.3, 0.4) is 0 Å². The fourth-order valence-corrected chi connectivity index (χ4v) is 4.57. The van der Waals surface area contributed by atoms with Crippen molar-refractivity contribution in [1.29, 1.82) is 0 Å². The Kier molecular flexibility index (Phi) is 6.01. The number of halogens is 2. The molecule has 3 aromatic rings. The van der Waals surface area contributed by atoms with Crippen LogP contribution in [0.25, 0.3) is 0 Å². The van der Waals surface area contributed by atoms with E-state index in [-0.39, 0.29) is 17.0 Å². The molecule has 3 nitrogen and oxygen atoms in total. The highest BCUT2D eigenvalue weighted by Gasteiger charge is 2.52. The number of rotatable bonds is 5. The molecule has 3 aromatic carbocycles. The Morgan fingerprint density at radius 1 is 0.853 bits per heavy atom. The molecule has 0 amide bonds. The lowest BCUT2D eigenvalue weighted by Crippen LogP contribution is -2.50. The summed E-state index contributed by atoms with van der Waals surface area (Å²) < 4.78 is 33.6. The number of ether oxygens (including phenoxy) is 1. The van der Waals surface area contributed by atoms with Crippen molar-refractivity contribution in [2.45, 2.75) is 58.0 Å². The Balaban J connectivity index is 1.90. The molecule has 1 aliphatic rings. The van der Waals surface area contributed by atoms with Crippen LogP contribution < -0.4 is 10.1 Å². The average molecular weight is 463 g/mol. The van der Waals surface area contributed by atoms with E-state index in [1.807, 2.05) is 26.8 Å². The maximum Gasteiger partial charge on any atom is 0.133 e. The molecule has 2 atom stereocenters. The van der Waals surface area contributed by atoms with E-state index in [9.17, 15) is 8.78 Å². The molecule has 0 bridgehead atoms. The second kappa shape index (κ2) is 8.53. The van der Waals surface area contributed by atoms with E-state index in [0.29, 0.717) is 12.4 Å². The van der Waals surface area contributed by atoms with Crippen molar-refractivity contribution in [1.82, 2.24) is 5.32 Å². The normalized spacial score (nSPS) is 22.3. The molecule has 1 heterocycles. The van der Waals surface area contributed by atoms with Gasteiger partial charge in [-0.3, -0.25) is 4.99 Å². The summed E-state index contributed by atoms with van der Waals surface area (Å²) in [5.74, 6) is 0.835. The standard InChI is InChI=1S/C29H32F2N2O/c1-7-34-25-18-21(27(2,3)4)12-17-24(25)26-32-28(5,19-8-13-22(30)14-9-19)29(6,33-26)20-10-15-23(31)16-11-20/h8-18H,7H2,1-6H3,(H,32,33)/t28-,29+. The number of benzene rings is 3. The first kappa shape index (κ1) is 23.9. The van der Waals surface area contributed by atoms with Gasteiger partial charge in [0.05, 0.1) is 17.7 Å². The van der Waals surface area contributed by atoms with Crippen LogP contribution in [0, 0.1) is 11.6 Å². The van der Waals surface area contributed by atoms with Crippen molar-refractivity contribution < 1.29 is 13.5 Å². The van der Waals surface area contributed by atoms with Crippen LogP contribution in [0.15, 0.2) is 71.7 Å². The lowest BCUT2D eigenvalue weighted by atomic mass is 9.72. The highest BCUT2D eigenvalue weighted by molar-refractivity contribution is 6.03. The Labute approximate surface area is 200 Å². The summed E-state index contributed by atoms with van der Waals surface area (Å²) in [6.07, 6.45) is 0. The Morgan fingerprint density at radius 3 is 1.94 bits per heavy atom. The van der Waals surface area contributed by atoms with Gasteiger partial charge in [-0.2, -0.15) is 0 Å². The predicted molar refractivity (Wildman–Crippen MR) is 133 cm³/mol. The summed E-state index contributed by atoms with van der Waals surface area (Å²) in [4.78, 5) is 5.19. The number of nitrogens with one attached hydrogen (secondary N) is 1. The molecule has 0 saturated heterocycles. The maximum absolute atomic E-state index is 13.8. The second-order valence-corrected chi connectivity index (χ2v) is 10.2. The molecule has 4 rings (SSSR count). The van der Waals surface area contributed by atoms with Gasteiger partial charge in [0, 0.05) is 0 Å². The molecule has 5 heteroatoms. The second-order valence-electron chi connectivity index (χ2n) is 10.2. The lowest BCUT2D eigenvalue weighted by molar-refractivity contribution is 0.268. The lowest BCUT2D eigenvalue weighted by Gasteiger charge is -2.40. The van der Waals surface area contributed by atoms with Crippen LogP contribution >= 0.6 is 0 Å². The van der Waals surface area contributed by atoms with Crippen LogP contribution in [0.1, 0.15) is 63.8 Å². The molecule has 178 valence electrons. The fraction of sp³-hybridized carbons (Fsp3) is 0.345. The molecular weight excluding hydrogens is 430 g/mol. The number of amidine groups is 1. The van der Waals surface area contributed by atoms with E-state index < -0.39 is 11.1 Å². The van der Waals surface area contributed by atoms with E-state index in [1.165, 1.54) is 29.8 Å². The Morgan fingerprint density at radius 2 is 1.41 bits per heavy atom. The van der Waals surface area contributed by atoms with Crippen molar-refractivity contribution >= 4 is 5.84 Å². The molecule has 34 heavy (non-hydrogen) atoms. The summed E-state index contributed by atoms with van der Waals surface area (Å²) in [6, 6.07) is 19.1. The van der Waals surface area contributed by atoms with E-state index >= 15 is 0 Å². The summed E-state index contributed by atoms with van der Waals surface area (Å²) in [6.45, 7) is 13.1. The van der Waals surface area contributed by atoms with E-state index in [4.69, 9.17) is 9.73 Å². The fourth-order valence-electron chi connectivity index (χ4n) is 4.57. The molecular formula is C29H32F2N2O. The number of aliphatic imine (C=N–C) groups is 1. The van der Waals surface area contributed by atoms with Crippen LogP contribution in [-0.4, -0.2) is 12.4 Å². The highest BCUT2D eigenvalue weighted by Crippen LogP contribution is 2.48. The van der Waals surface area contributed by atoms with Crippen molar-refractivity contribution in [3.8, 4) is 5.75 Å². The number of nitrogens with zero attached hydrogens (tertiary/aromatic N) is 1. The molecule has 0 aromatic heterocycles. The van der Waals surface area contributed by atoms with Crippen LogP contribution in [0.5, 0.6) is 5.75 Å². The molecule has 0 fully saturated rings. The van der Waals surface area contributed by atoms with Gasteiger partial charge in [-0.15, -0.1) is 0 Å². The molecule has 0 unspecified atom stereocenters. The van der Waals surface area contributed by atoms with Gasteiger partial charge < -0.3 is 10.1 Å². The molecule has 0 saturated carbocycles. The largest absolute Gasteiger partial charge is 0.493 e. The van der Waals surface area contributed by atoms with Crippen LogP contribution in [-0.2, 0) is 16.5 Å². The van der Waals surface area contributed by atoms with Gasteiger partial charge >= 0.3 is 0 Å². The van der Waals surface area contributed by atoms with Crippen LogP contribution in [0.2, 0.25) is 0 Å². The van der Waals surface area contributed by atoms with Gasteiger partial charge in [-0.25, -0.2) is 8.78 Å². The zero-order chi connectivity index (χ0) is 24.7. The van der Waals surface area contributed by atoms with Gasteiger partial charge in [0.1, 0.15) is 28.8 Å². The minimum atomic E-state index is -0.792. The predicted octanol–water partition coefficient (Wildman–Crippen LogP) is 6.84. The van der Waals surface area contributed by atoms with Gasteiger partial charge in [0.15, 0.2) is 0 Å². The van der Waals surface area contributed by atoms with Gasteiger partial charge in [0.25, 0.3) is 0 Å². The van der Waals surface area contributed by atoms with Gasteiger partial charge in [-0.1, -0.05) is 51.1 Å². The zero-order valence-electron chi connectivity index (χ0n) is 20.7. The topological polar surface area (TPSA) is 33.6 Å². The third-order valence-electron chi connectivity index (χ3n) is 6.91. The van der Waals surface area contributed by atoms with Crippen LogP contribution in [0.4, 0.5) is 8.78 Å². The maximum atomic E-state index is 13.8. The van der Waals surface area contributed by atoms with Crippen molar-refractivity contribution in [3.05, 3.63) is 101 Å².